The molecule has 1 aliphatic carbocycles. The second-order valence-corrected chi connectivity index (χ2v) is 5.99. The molecule has 1 aliphatic rings. The van der Waals surface area contributed by atoms with Gasteiger partial charge in [0.05, 0.1) is 6.61 Å². The third-order valence-corrected chi connectivity index (χ3v) is 4.08. The van der Waals surface area contributed by atoms with Gasteiger partial charge >= 0.3 is 0 Å². The molecule has 0 saturated heterocycles. The molecule has 1 fully saturated rings. The van der Waals surface area contributed by atoms with Crippen molar-refractivity contribution in [1.29, 1.82) is 0 Å². The van der Waals surface area contributed by atoms with Crippen LogP contribution in [0.15, 0.2) is 18.2 Å². The van der Waals surface area contributed by atoms with Gasteiger partial charge in [-0.25, -0.2) is 0 Å². The number of hydrogen-bond acceptors (Lipinski definition) is 3. The molecule has 112 valence electrons. The first kappa shape index (κ1) is 15.0. The Morgan fingerprint density at radius 1 is 1.20 bits per heavy atom. The van der Waals surface area contributed by atoms with Gasteiger partial charge in [-0.15, -0.1) is 0 Å². The second kappa shape index (κ2) is 7.41. The van der Waals surface area contributed by atoms with Crippen molar-refractivity contribution >= 4 is 11.4 Å². The zero-order chi connectivity index (χ0) is 14.4. The predicted molar refractivity (Wildman–Crippen MR) is 86.5 cm³/mol. The summed E-state index contributed by atoms with van der Waals surface area (Å²) in [6, 6.07) is 6.06. The van der Waals surface area contributed by atoms with Gasteiger partial charge in [-0.2, -0.15) is 0 Å². The molecule has 1 aromatic carbocycles. The third-order valence-electron chi connectivity index (χ3n) is 4.08. The Hall–Kier alpha value is -1.38. The average Bonchev–Trinajstić information content (AvgIpc) is 2.45. The summed E-state index contributed by atoms with van der Waals surface area (Å²) < 4.78 is 5.71. The molecule has 1 saturated carbocycles. The minimum Gasteiger partial charge on any atom is -0.493 e. The summed E-state index contributed by atoms with van der Waals surface area (Å²) in [4.78, 5) is 2.32. The summed E-state index contributed by atoms with van der Waals surface area (Å²) in [5, 5.41) is 0. The van der Waals surface area contributed by atoms with E-state index in [2.05, 4.69) is 24.9 Å². The van der Waals surface area contributed by atoms with E-state index in [9.17, 15) is 0 Å². The molecular weight excluding hydrogens is 248 g/mol. The molecule has 0 aromatic heterocycles. The van der Waals surface area contributed by atoms with Gasteiger partial charge in [-0.3, -0.25) is 0 Å². The van der Waals surface area contributed by atoms with E-state index >= 15 is 0 Å². The molecule has 0 heterocycles. The predicted octanol–water partition coefficient (Wildman–Crippen LogP) is 4.07. The Bertz CT molecular complexity index is 413. The highest BCUT2D eigenvalue weighted by atomic mass is 16.5. The van der Waals surface area contributed by atoms with Gasteiger partial charge in [0.25, 0.3) is 0 Å². The van der Waals surface area contributed by atoms with Gasteiger partial charge in [0.2, 0.25) is 0 Å². The first-order chi connectivity index (χ1) is 9.69. The van der Waals surface area contributed by atoms with E-state index in [1.165, 1.54) is 37.8 Å². The second-order valence-electron chi connectivity index (χ2n) is 5.99. The SMILES string of the molecule is CCCOc1cc(N)cc(N(C)CC2CCCCC2)c1. The molecule has 0 spiro atoms. The molecule has 3 nitrogen and oxygen atoms in total. The van der Waals surface area contributed by atoms with Gasteiger partial charge in [0.15, 0.2) is 0 Å². The van der Waals surface area contributed by atoms with E-state index < -0.39 is 0 Å². The van der Waals surface area contributed by atoms with E-state index in [0.717, 1.165) is 36.9 Å². The Labute approximate surface area is 123 Å². The third kappa shape index (κ3) is 4.32. The summed E-state index contributed by atoms with van der Waals surface area (Å²) in [5.74, 6) is 1.72. The standard InChI is InChI=1S/C17H28N2O/c1-3-9-20-17-11-15(18)10-16(12-17)19(2)13-14-7-5-4-6-8-14/h10-12,14H,3-9,13,18H2,1-2H3. The number of nitrogen functional groups attached to an aromatic ring is 1. The monoisotopic (exact) mass is 276 g/mol. The molecule has 2 rings (SSSR count). The van der Waals surface area contributed by atoms with Gasteiger partial charge in [-0.05, 0) is 31.2 Å². The van der Waals surface area contributed by atoms with Crippen molar-refractivity contribution in [3.05, 3.63) is 18.2 Å². The number of ether oxygens (including phenoxy) is 1. The molecule has 0 radical (unpaired) electrons. The van der Waals surface area contributed by atoms with Crippen LogP contribution in [0.2, 0.25) is 0 Å². The largest absolute Gasteiger partial charge is 0.493 e. The lowest BCUT2D eigenvalue weighted by Crippen LogP contribution is -2.26. The van der Waals surface area contributed by atoms with Crippen LogP contribution in [0.5, 0.6) is 5.75 Å². The molecule has 0 atom stereocenters. The lowest BCUT2D eigenvalue weighted by atomic mass is 9.89. The van der Waals surface area contributed by atoms with Crippen molar-refractivity contribution < 1.29 is 4.74 Å². The van der Waals surface area contributed by atoms with Crippen LogP contribution in [-0.2, 0) is 0 Å². The Kier molecular flexibility index (Phi) is 5.57. The smallest absolute Gasteiger partial charge is 0.123 e. The highest BCUT2D eigenvalue weighted by molar-refractivity contribution is 5.60. The highest BCUT2D eigenvalue weighted by Gasteiger charge is 2.16. The van der Waals surface area contributed by atoms with Crippen molar-refractivity contribution in [3.63, 3.8) is 0 Å². The fourth-order valence-electron chi connectivity index (χ4n) is 2.99. The van der Waals surface area contributed by atoms with Gasteiger partial charge in [-0.1, -0.05) is 26.2 Å². The summed E-state index contributed by atoms with van der Waals surface area (Å²) in [7, 11) is 2.16. The van der Waals surface area contributed by atoms with E-state index in [1.54, 1.807) is 0 Å². The van der Waals surface area contributed by atoms with Crippen LogP contribution in [-0.4, -0.2) is 20.2 Å². The summed E-state index contributed by atoms with van der Waals surface area (Å²) in [5.41, 5.74) is 7.95. The Morgan fingerprint density at radius 2 is 1.95 bits per heavy atom. The van der Waals surface area contributed by atoms with Crippen molar-refractivity contribution in [1.82, 2.24) is 0 Å². The van der Waals surface area contributed by atoms with E-state index in [0.29, 0.717) is 0 Å². The summed E-state index contributed by atoms with van der Waals surface area (Å²) >= 11 is 0. The molecular formula is C17H28N2O. The number of hydrogen-bond donors (Lipinski definition) is 1. The van der Waals surface area contributed by atoms with Crippen LogP contribution in [0.4, 0.5) is 11.4 Å². The van der Waals surface area contributed by atoms with Gasteiger partial charge < -0.3 is 15.4 Å². The number of rotatable bonds is 6. The van der Waals surface area contributed by atoms with Crippen LogP contribution < -0.4 is 15.4 Å². The quantitative estimate of drug-likeness (QED) is 0.796. The maximum Gasteiger partial charge on any atom is 0.123 e. The maximum absolute atomic E-state index is 6.00. The summed E-state index contributed by atoms with van der Waals surface area (Å²) in [6.07, 6.45) is 7.94. The maximum atomic E-state index is 6.00. The van der Waals surface area contributed by atoms with Gasteiger partial charge in [0, 0.05) is 37.1 Å². The average molecular weight is 276 g/mol. The molecule has 1 aromatic rings. The minimum atomic E-state index is 0.745. The highest BCUT2D eigenvalue weighted by Crippen LogP contribution is 2.29. The lowest BCUT2D eigenvalue weighted by Gasteiger charge is -2.28. The number of anilines is 2. The van der Waals surface area contributed by atoms with Crippen molar-refractivity contribution in [3.8, 4) is 5.75 Å². The Morgan fingerprint density at radius 3 is 2.65 bits per heavy atom. The van der Waals surface area contributed by atoms with E-state index in [1.807, 2.05) is 12.1 Å². The Balaban J connectivity index is 2.00. The number of benzene rings is 1. The first-order valence-electron chi connectivity index (χ1n) is 7.93. The van der Waals surface area contributed by atoms with Crippen molar-refractivity contribution in [2.45, 2.75) is 45.4 Å². The van der Waals surface area contributed by atoms with Crippen molar-refractivity contribution in [2.75, 3.05) is 30.8 Å². The minimum absolute atomic E-state index is 0.745. The van der Waals surface area contributed by atoms with Crippen LogP contribution in [0.3, 0.4) is 0 Å². The first-order valence-corrected chi connectivity index (χ1v) is 7.93. The summed E-state index contributed by atoms with van der Waals surface area (Å²) in [6.45, 7) is 3.98. The van der Waals surface area contributed by atoms with E-state index in [-0.39, 0.29) is 0 Å². The number of nitrogens with two attached hydrogens (primary N) is 1. The van der Waals surface area contributed by atoms with Crippen molar-refractivity contribution in [2.24, 2.45) is 5.92 Å². The van der Waals surface area contributed by atoms with Gasteiger partial charge in [0.1, 0.15) is 5.75 Å². The topological polar surface area (TPSA) is 38.5 Å². The fraction of sp³-hybridized carbons (Fsp3) is 0.647. The normalized spacial score (nSPS) is 16.1. The molecule has 3 heteroatoms. The van der Waals surface area contributed by atoms with Crippen LogP contribution in [0.1, 0.15) is 45.4 Å². The van der Waals surface area contributed by atoms with Crippen LogP contribution in [0, 0.1) is 5.92 Å². The molecule has 0 unspecified atom stereocenters. The van der Waals surface area contributed by atoms with E-state index in [4.69, 9.17) is 10.5 Å². The fourth-order valence-corrected chi connectivity index (χ4v) is 2.99. The molecule has 0 aliphatic heterocycles. The molecule has 20 heavy (non-hydrogen) atoms. The molecule has 0 bridgehead atoms. The zero-order valence-corrected chi connectivity index (χ0v) is 12.9. The zero-order valence-electron chi connectivity index (χ0n) is 12.9. The lowest BCUT2D eigenvalue weighted by molar-refractivity contribution is 0.317. The number of nitrogens with zero attached hydrogens (tertiary/aromatic N) is 1. The van der Waals surface area contributed by atoms with Crippen LogP contribution in [0.25, 0.3) is 0 Å². The van der Waals surface area contributed by atoms with Crippen LogP contribution >= 0.6 is 0 Å². The molecule has 0 amide bonds. The molecule has 2 N–H and O–H groups in total.